The summed E-state index contributed by atoms with van der Waals surface area (Å²) in [5.41, 5.74) is 4.44. The Bertz CT molecular complexity index is 782. The number of nitrogens with zero attached hydrogens (tertiary/aromatic N) is 3. The summed E-state index contributed by atoms with van der Waals surface area (Å²) in [5.74, 6) is 1.22. The van der Waals surface area contributed by atoms with Crippen molar-refractivity contribution in [2.45, 2.75) is 26.3 Å². The molecule has 1 aliphatic heterocycles. The molecule has 7 heteroatoms. The fraction of sp³-hybridized carbons (Fsp3) is 0.500. The number of benzene rings is 1. The zero-order valence-corrected chi connectivity index (χ0v) is 17.5. The Morgan fingerprint density at radius 3 is 2.56 bits per heavy atom. The number of halogens is 1. The maximum Gasteiger partial charge on any atom is 0.227 e. The molecule has 2 atom stereocenters. The summed E-state index contributed by atoms with van der Waals surface area (Å²) in [6, 6.07) is 4.20. The van der Waals surface area contributed by atoms with Crippen molar-refractivity contribution in [3.05, 3.63) is 46.8 Å². The van der Waals surface area contributed by atoms with Gasteiger partial charge in [0.2, 0.25) is 5.91 Å². The third kappa shape index (κ3) is 4.45. The van der Waals surface area contributed by atoms with Crippen LogP contribution in [0.25, 0.3) is 0 Å². The van der Waals surface area contributed by atoms with E-state index in [-0.39, 0.29) is 30.2 Å². The molecule has 0 aliphatic carbocycles. The van der Waals surface area contributed by atoms with Crippen LogP contribution in [0.3, 0.4) is 0 Å². The Morgan fingerprint density at radius 1 is 1.33 bits per heavy atom. The van der Waals surface area contributed by atoms with Crippen LogP contribution in [0.2, 0.25) is 0 Å². The van der Waals surface area contributed by atoms with Gasteiger partial charge in [0.25, 0.3) is 0 Å². The highest BCUT2D eigenvalue weighted by Crippen LogP contribution is 2.30. The van der Waals surface area contributed by atoms with E-state index in [1.165, 1.54) is 0 Å². The molecule has 0 saturated carbocycles. The lowest BCUT2D eigenvalue weighted by Gasteiger charge is -2.25. The van der Waals surface area contributed by atoms with Crippen LogP contribution in [0, 0.1) is 19.8 Å². The topological polar surface area (TPSA) is 59.4 Å². The molecule has 2 heterocycles. The number of amides is 1. The van der Waals surface area contributed by atoms with Crippen molar-refractivity contribution in [3.63, 3.8) is 0 Å². The van der Waals surface area contributed by atoms with Crippen LogP contribution in [-0.4, -0.2) is 47.8 Å². The van der Waals surface area contributed by atoms with Gasteiger partial charge in [0.15, 0.2) is 0 Å². The number of nitrogens with one attached hydrogen (secondary N) is 1. The van der Waals surface area contributed by atoms with Gasteiger partial charge in [0.05, 0.1) is 19.2 Å². The molecule has 1 fully saturated rings. The number of carbonyl (C=O) groups excluding carboxylic acids is 1. The number of hydrogen-bond acceptors (Lipinski definition) is 4. The summed E-state index contributed by atoms with van der Waals surface area (Å²) in [6.45, 7) is 6.20. The standard InChI is InChI=1S/C20H28N4O2.ClH/c1-13-6-15(7-14(2)19(13)26-5)11-23(3)20(25)18-10-21-9-17(18)16-8-22-24(4)12-16;/h6-8,12,17-18,21H,9-11H2,1-5H3;1H/t17-,18+;/m1./s1. The molecule has 6 nitrogen and oxygen atoms in total. The molecular formula is C20H29ClN4O2. The molecule has 3 rings (SSSR count). The van der Waals surface area contributed by atoms with Gasteiger partial charge in [-0.15, -0.1) is 12.4 Å². The zero-order valence-electron chi connectivity index (χ0n) is 16.7. The van der Waals surface area contributed by atoms with Crippen molar-refractivity contribution in [2.24, 2.45) is 13.0 Å². The molecular weight excluding hydrogens is 364 g/mol. The second-order valence-corrected chi connectivity index (χ2v) is 7.28. The lowest BCUT2D eigenvalue weighted by molar-refractivity contribution is -0.134. The summed E-state index contributed by atoms with van der Waals surface area (Å²) < 4.78 is 7.23. The van der Waals surface area contributed by atoms with E-state index in [2.05, 4.69) is 22.5 Å². The van der Waals surface area contributed by atoms with Crippen molar-refractivity contribution in [1.82, 2.24) is 20.0 Å². The molecule has 2 aromatic rings. The molecule has 1 saturated heterocycles. The third-order valence-electron chi connectivity index (χ3n) is 5.20. The SMILES string of the molecule is COc1c(C)cc(CN(C)C(=O)[C@H]2CNC[C@@H]2c2cnn(C)c2)cc1C.Cl. The van der Waals surface area contributed by atoms with Gasteiger partial charge in [0.1, 0.15) is 5.75 Å². The van der Waals surface area contributed by atoms with Gasteiger partial charge >= 0.3 is 0 Å². The lowest BCUT2D eigenvalue weighted by Crippen LogP contribution is -2.35. The predicted octanol–water partition coefficient (Wildman–Crippen LogP) is 2.43. The van der Waals surface area contributed by atoms with E-state index < -0.39 is 0 Å². The quantitative estimate of drug-likeness (QED) is 0.849. The number of rotatable bonds is 5. The van der Waals surface area contributed by atoms with E-state index in [1.807, 2.05) is 45.2 Å². The smallest absolute Gasteiger partial charge is 0.227 e. The average Bonchev–Trinajstić information content (AvgIpc) is 3.22. The van der Waals surface area contributed by atoms with E-state index in [0.29, 0.717) is 13.1 Å². The summed E-state index contributed by atoms with van der Waals surface area (Å²) in [6.07, 6.45) is 3.88. The highest BCUT2D eigenvalue weighted by atomic mass is 35.5. The van der Waals surface area contributed by atoms with E-state index >= 15 is 0 Å². The Balaban J connectivity index is 0.00000261. The molecule has 1 amide bonds. The third-order valence-corrected chi connectivity index (χ3v) is 5.20. The fourth-order valence-corrected chi connectivity index (χ4v) is 4.01. The summed E-state index contributed by atoms with van der Waals surface area (Å²) >= 11 is 0. The first-order chi connectivity index (χ1) is 12.4. The number of aromatic nitrogens is 2. The number of methoxy groups -OCH3 is 1. The van der Waals surface area contributed by atoms with Crippen LogP contribution in [0.15, 0.2) is 24.5 Å². The monoisotopic (exact) mass is 392 g/mol. The molecule has 0 bridgehead atoms. The fourth-order valence-electron chi connectivity index (χ4n) is 4.01. The maximum absolute atomic E-state index is 13.1. The van der Waals surface area contributed by atoms with Crippen LogP contribution in [0.4, 0.5) is 0 Å². The minimum atomic E-state index is -0.0513. The Hall–Kier alpha value is -2.05. The minimum Gasteiger partial charge on any atom is -0.496 e. The first-order valence-corrected chi connectivity index (χ1v) is 8.99. The van der Waals surface area contributed by atoms with E-state index in [1.54, 1.807) is 11.8 Å². The van der Waals surface area contributed by atoms with Crippen molar-refractivity contribution in [3.8, 4) is 5.75 Å². The summed E-state index contributed by atoms with van der Waals surface area (Å²) in [5, 5.41) is 7.62. The van der Waals surface area contributed by atoms with Gasteiger partial charge in [0, 0.05) is 45.8 Å². The van der Waals surface area contributed by atoms with Gasteiger partial charge in [-0.2, -0.15) is 5.10 Å². The Labute approximate surface area is 167 Å². The van der Waals surface area contributed by atoms with Crippen LogP contribution >= 0.6 is 12.4 Å². The molecule has 0 unspecified atom stereocenters. The minimum absolute atomic E-state index is 0. The molecule has 1 N–H and O–H groups in total. The van der Waals surface area contributed by atoms with E-state index in [4.69, 9.17) is 4.74 Å². The normalized spacial score (nSPS) is 18.9. The van der Waals surface area contributed by atoms with Crippen molar-refractivity contribution < 1.29 is 9.53 Å². The number of hydrogen-bond donors (Lipinski definition) is 1. The van der Waals surface area contributed by atoms with Crippen LogP contribution in [0.1, 0.15) is 28.2 Å². The highest BCUT2D eigenvalue weighted by molar-refractivity contribution is 5.85. The Morgan fingerprint density at radius 2 is 2.00 bits per heavy atom. The lowest BCUT2D eigenvalue weighted by atomic mass is 9.90. The molecule has 0 spiro atoms. The number of ether oxygens (including phenoxy) is 1. The first-order valence-electron chi connectivity index (χ1n) is 8.99. The second kappa shape index (κ2) is 8.76. The average molecular weight is 393 g/mol. The molecule has 148 valence electrons. The summed E-state index contributed by atoms with van der Waals surface area (Å²) in [7, 11) is 5.48. The number of carbonyl (C=O) groups is 1. The van der Waals surface area contributed by atoms with Gasteiger partial charge in [-0.05, 0) is 36.1 Å². The highest BCUT2D eigenvalue weighted by Gasteiger charge is 2.36. The van der Waals surface area contributed by atoms with Crippen LogP contribution in [-0.2, 0) is 18.4 Å². The Kier molecular flexibility index (Phi) is 6.89. The zero-order chi connectivity index (χ0) is 18.8. The molecule has 1 aromatic carbocycles. The number of aryl methyl sites for hydroxylation is 3. The van der Waals surface area contributed by atoms with Gasteiger partial charge in [-0.3, -0.25) is 9.48 Å². The first kappa shape index (κ1) is 21.3. The predicted molar refractivity (Wildman–Crippen MR) is 108 cm³/mol. The molecule has 27 heavy (non-hydrogen) atoms. The van der Waals surface area contributed by atoms with Gasteiger partial charge in [-0.25, -0.2) is 0 Å². The van der Waals surface area contributed by atoms with Crippen molar-refractivity contribution in [2.75, 3.05) is 27.2 Å². The molecule has 1 aromatic heterocycles. The maximum atomic E-state index is 13.1. The molecule has 1 aliphatic rings. The van der Waals surface area contributed by atoms with Gasteiger partial charge in [-0.1, -0.05) is 12.1 Å². The van der Waals surface area contributed by atoms with Crippen LogP contribution < -0.4 is 10.1 Å². The van der Waals surface area contributed by atoms with E-state index in [0.717, 1.165) is 34.5 Å². The second-order valence-electron chi connectivity index (χ2n) is 7.28. The van der Waals surface area contributed by atoms with Crippen molar-refractivity contribution >= 4 is 18.3 Å². The van der Waals surface area contributed by atoms with Crippen LogP contribution in [0.5, 0.6) is 5.75 Å². The van der Waals surface area contributed by atoms with Gasteiger partial charge < -0.3 is 15.0 Å². The van der Waals surface area contributed by atoms with Crippen molar-refractivity contribution in [1.29, 1.82) is 0 Å². The molecule has 0 radical (unpaired) electrons. The summed E-state index contributed by atoms with van der Waals surface area (Å²) in [4.78, 5) is 14.9. The largest absolute Gasteiger partial charge is 0.496 e. The van der Waals surface area contributed by atoms with E-state index in [9.17, 15) is 4.79 Å².